The Kier molecular flexibility index (Phi) is 2.00. The van der Waals surface area contributed by atoms with Gasteiger partial charge in [-0.3, -0.25) is 10.5 Å². The summed E-state index contributed by atoms with van der Waals surface area (Å²) in [6.07, 6.45) is 2.81. The highest BCUT2D eigenvalue weighted by atomic mass is 16.6. The Labute approximate surface area is 66.2 Å². The minimum absolute atomic E-state index is 0.151. The fraction of sp³-hybridized carbons (Fsp3) is 0.625. The molecule has 0 spiro atoms. The molecule has 2 unspecified atom stereocenters. The summed E-state index contributed by atoms with van der Waals surface area (Å²) in [5.74, 6) is -0.0881. The summed E-state index contributed by atoms with van der Waals surface area (Å²) < 4.78 is 4.97. The fourth-order valence-corrected chi connectivity index (χ4v) is 0.969. The van der Waals surface area contributed by atoms with Crippen molar-refractivity contribution < 1.29 is 9.53 Å². The molecule has 0 aliphatic heterocycles. The standard InChI is InChI=1S/C8H13NO2/c1-3-6-5-8(6,9)11-7(10)4-2/h3,6H,1,4-5,9H2,2H3. The minimum atomic E-state index is -0.727. The monoisotopic (exact) mass is 155 g/mol. The Morgan fingerprint density at radius 3 is 3.00 bits per heavy atom. The van der Waals surface area contributed by atoms with Gasteiger partial charge < -0.3 is 4.74 Å². The quantitative estimate of drug-likeness (QED) is 0.372. The maximum absolute atomic E-state index is 10.8. The molecule has 2 atom stereocenters. The van der Waals surface area contributed by atoms with Crippen LogP contribution in [0.4, 0.5) is 0 Å². The molecule has 1 rings (SSSR count). The van der Waals surface area contributed by atoms with Gasteiger partial charge in [0.2, 0.25) is 0 Å². The second kappa shape index (κ2) is 2.66. The molecule has 0 aromatic heterocycles. The molecule has 3 nitrogen and oxygen atoms in total. The van der Waals surface area contributed by atoms with Crippen molar-refractivity contribution in [2.24, 2.45) is 11.7 Å². The van der Waals surface area contributed by atoms with E-state index in [2.05, 4.69) is 6.58 Å². The molecule has 1 aliphatic carbocycles. The van der Waals surface area contributed by atoms with Crippen molar-refractivity contribution in [2.45, 2.75) is 25.5 Å². The molecule has 0 amide bonds. The van der Waals surface area contributed by atoms with Crippen LogP contribution in [0, 0.1) is 5.92 Å². The van der Waals surface area contributed by atoms with Crippen LogP contribution in [0.25, 0.3) is 0 Å². The van der Waals surface area contributed by atoms with Gasteiger partial charge in [-0.1, -0.05) is 13.0 Å². The molecule has 1 fully saturated rings. The minimum Gasteiger partial charge on any atom is -0.443 e. The summed E-state index contributed by atoms with van der Waals surface area (Å²) in [6.45, 7) is 5.33. The van der Waals surface area contributed by atoms with Crippen LogP contribution in [0.5, 0.6) is 0 Å². The van der Waals surface area contributed by atoms with Crippen molar-refractivity contribution >= 4 is 5.97 Å². The number of ether oxygens (including phenoxy) is 1. The van der Waals surface area contributed by atoms with Gasteiger partial charge >= 0.3 is 5.97 Å². The first-order valence-corrected chi connectivity index (χ1v) is 3.75. The Morgan fingerprint density at radius 1 is 2.00 bits per heavy atom. The van der Waals surface area contributed by atoms with Crippen molar-refractivity contribution in [3.8, 4) is 0 Å². The molecule has 62 valence electrons. The first kappa shape index (κ1) is 8.27. The molecule has 0 saturated heterocycles. The number of hydrogen-bond donors (Lipinski definition) is 1. The summed E-state index contributed by atoms with van der Waals surface area (Å²) >= 11 is 0. The zero-order valence-corrected chi connectivity index (χ0v) is 6.67. The number of esters is 1. The van der Waals surface area contributed by atoms with Gasteiger partial charge in [0.05, 0.1) is 0 Å². The van der Waals surface area contributed by atoms with Crippen molar-refractivity contribution in [1.82, 2.24) is 0 Å². The lowest BCUT2D eigenvalue weighted by Crippen LogP contribution is -2.31. The lowest BCUT2D eigenvalue weighted by molar-refractivity contribution is -0.151. The van der Waals surface area contributed by atoms with E-state index in [1.807, 2.05) is 0 Å². The SMILES string of the molecule is C=CC1CC1(N)OC(=O)CC. The average Bonchev–Trinajstić information content (AvgIpc) is 2.61. The topological polar surface area (TPSA) is 52.3 Å². The third-order valence-electron chi connectivity index (χ3n) is 1.88. The van der Waals surface area contributed by atoms with E-state index in [9.17, 15) is 4.79 Å². The van der Waals surface area contributed by atoms with Gasteiger partial charge in [0, 0.05) is 18.8 Å². The predicted molar refractivity (Wildman–Crippen MR) is 41.6 cm³/mol. The molecule has 0 radical (unpaired) electrons. The normalized spacial score (nSPS) is 34.5. The number of nitrogens with two attached hydrogens (primary N) is 1. The Morgan fingerprint density at radius 2 is 2.64 bits per heavy atom. The molecule has 2 N–H and O–H groups in total. The highest BCUT2D eigenvalue weighted by molar-refractivity contribution is 5.69. The highest BCUT2D eigenvalue weighted by Crippen LogP contribution is 2.42. The number of rotatable bonds is 3. The van der Waals surface area contributed by atoms with Gasteiger partial charge in [-0.25, -0.2) is 0 Å². The lowest BCUT2D eigenvalue weighted by atomic mass is 10.4. The third-order valence-corrected chi connectivity index (χ3v) is 1.88. The molecule has 0 aromatic carbocycles. The summed E-state index contributed by atoms with van der Waals surface area (Å²) in [4.78, 5) is 10.8. The molecular weight excluding hydrogens is 142 g/mol. The van der Waals surface area contributed by atoms with Gasteiger partial charge in [0.1, 0.15) is 0 Å². The van der Waals surface area contributed by atoms with E-state index in [1.54, 1.807) is 13.0 Å². The van der Waals surface area contributed by atoms with Crippen LogP contribution in [0.15, 0.2) is 12.7 Å². The summed E-state index contributed by atoms with van der Waals surface area (Å²) in [5.41, 5.74) is 4.94. The van der Waals surface area contributed by atoms with Gasteiger partial charge in [-0.15, -0.1) is 6.58 Å². The van der Waals surface area contributed by atoms with Crippen molar-refractivity contribution in [3.05, 3.63) is 12.7 Å². The van der Waals surface area contributed by atoms with E-state index in [-0.39, 0.29) is 11.9 Å². The van der Waals surface area contributed by atoms with Gasteiger partial charge in [-0.05, 0) is 0 Å². The molecule has 1 saturated carbocycles. The van der Waals surface area contributed by atoms with Crippen molar-refractivity contribution in [3.63, 3.8) is 0 Å². The van der Waals surface area contributed by atoms with E-state index >= 15 is 0 Å². The largest absolute Gasteiger partial charge is 0.443 e. The van der Waals surface area contributed by atoms with E-state index < -0.39 is 5.72 Å². The van der Waals surface area contributed by atoms with Crippen LogP contribution in [0.2, 0.25) is 0 Å². The molecule has 1 aliphatic rings. The number of carbonyl (C=O) groups is 1. The van der Waals surface area contributed by atoms with Gasteiger partial charge in [-0.2, -0.15) is 0 Å². The van der Waals surface area contributed by atoms with E-state index in [4.69, 9.17) is 10.5 Å². The maximum atomic E-state index is 10.8. The molecule has 11 heavy (non-hydrogen) atoms. The van der Waals surface area contributed by atoms with Crippen LogP contribution in [0.3, 0.4) is 0 Å². The van der Waals surface area contributed by atoms with Crippen LogP contribution in [0.1, 0.15) is 19.8 Å². The Hall–Kier alpha value is -0.830. The average molecular weight is 155 g/mol. The van der Waals surface area contributed by atoms with Gasteiger partial charge in [0.25, 0.3) is 0 Å². The highest BCUT2D eigenvalue weighted by Gasteiger charge is 2.53. The lowest BCUT2D eigenvalue weighted by Gasteiger charge is -2.10. The molecular formula is C8H13NO2. The first-order chi connectivity index (χ1) is 5.12. The molecule has 3 heteroatoms. The van der Waals surface area contributed by atoms with Crippen LogP contribution in [-0.2, 0) is 9.53 Å². The number of hydrogen-bond acceptors (Lipinski definition) is 3. The van der Waals surface area contributed by atoms with Gasteiger partial charge in [0.15, 0.2) is 5.72 Å². The summed E-state index contributed by atoms with van der Waals surface area (Å²) in [5, 5.41) is 0. The molecule has 0 heterocycles. The maximum Gasteiger partial charge on any atom is 0.307 e. The third kappa shape index (κ3) is 1.60. The Balaban J connectivity index is 2.39. The van der Waals surface area contributed by atoms with Crippen molar-refractivity contribution in [2.75, 3.05) is 0 Å². The number of carbonyl (C=O) groups excluding carboxylic acids is 1. The first-order valence-electron chi connectivity index (χ1n) is 3.75. The zero-order valence-electron chi connectivity index (χ0n) is 6.67. The van der Waals surface area contributed by atoms with Crippen LogP contribution >= 0.6 is 0 Å². The predicted octanol–water partition coefficient (Wildman–Crippen LogP) is 0.800. The van der Waals surface area contributed by atoms with E-state index in [1.165, 1.54) is 0 Å². The summed E-state index contributed by atoms with van der Waals surface area (Å²) in [7, 11) is 0. The summed E-state index contributed by atoms with van der Waals surface area (Å²) in [6, 6.07) is 0. The van der Waals surface area contributed by atoms with Crippen LogP contribution < -0.4 is 5.73 Å². The molecule has 0 bridgehead atoms. The second-order valence-electron chi connectivity index (χ2n) is 2.83. The fourth-order valence-electron chi connectivity index (χ4n) is 0.969. The molecule has 0 aromatic rings. The van der Waals surface area contributed by atoms with Crippen LogP contribution in [-0.4, -0.2) is 11.7 Å². The smallest absolute Gasteiger partial charge is 0.307 e. The van der Waals surface area contributed by atoms with E-state index in [0.29, 0.717) is 12.8 Å². The van der Waals surface area contributed by atoms with E-state index in [0.717, 1.165) is 0 Å². The Bertz CT molecular complexity index is 191. The zero-order chi connectivity index (χ0) is 8.48. The second-order valence-corrected chi connectivity index (χ2v) is 2.83. The van der Waals surface area contributed by atoms with Crippen molar-refractivity contribution in [1.29, 1.82) is 0 Å².